The number of nitrogens with two attached hydrogens (primary N) is 1. The van der Waals surface area contributed by atoms with Gasteiger partial charge in [0, 0.05) is 50.0 Å². The molecule has 0 bridgehead atoms. The predicted octanol–water partition coefficient (Wildman–Crippen LogP) is 2.07. The molecule has 1 amide bonds. The fraction of sp³-hybridized carbons (Fsp3) is 0.533. The Morgan fingerprint density at radius 2 is 1.79 bits per heavy atom. The Morgan fingerprint density at radius 3 is 2.29 bits per heavy atom. The first kappa shape index (κ1) is 22.4. The van der Waals surface area contributed by atoms with E-state index in [1.807, 2.05) is 24.8 Å². The number of hydrogen-bond donors (Lipinski definition) is 1. The highest BCUT2D eigenvalue weighted by atomic mass is 35.5. The first-order valence-electron chi connectivity index (χ1n) is 7.44. The Labute approximate surface area is 154 Å². The normalized spacial score (nSPS) is 16.5. The molecule has 1 aliphatic heterocycles. The number of anilines is 1. The number of non-ortho nitro benzene ring substituents is 1. The summed E-state index contributed by atoms with van der Waals surface area (Å²) in [4.78, 5) is 26.6. The molecule has 0 aliphatic carbocycles. The van der Waals surface area contributed by atoms with Gasteiger partial charge < -0.3 is 15.5 Å². The number of hydrogen-bond acceptors (Lipinski definition) is 5. The molecule has 1 saturated heterocycles. The summed E-state index contributed by atoms with van der Waals surface area (Å²) < 4.78 is 0. The number of carbonyl (C=O) groups excluding carboxylic acids is 1. The summed E-state index contributed by atoms with van der Waals surface area (Å²) in [5, 5.41) is 10.8. The second-order valence-electron chi connectivity index (χ2n) is 5.74. The van der Waals surface area contributed by atoms with Crippen LogP contribution >= 0.6 is 24.8 Å². The highest BCUT2D eigenvalue weighted by Crippen LogP contribution is 2.22. The molecule has 24 heavy (non-hydrogen) atoms. The quantitative estimate of drug-likeness (QED) is 0.639. The maximum absolute atomic E-state index is 12.3. The standard InChI is InChI=1S/C15H22N4O3.2ClH/c1-11(12(2)16)15(20)18-8-6-17(7-9-18)13-4-3-5-14(10-13)19(21)22;;/h3-5,10-12H,6-9,16H2,1-2H3;2*1H. The summed E-state index contributed by atoms with van der Waals surface area (Å²) >= 11 is 0. The molecule has 2 atom stereocenters. The second-order valence-corrected chi connectivity index (χ2v) is 5.74. The van der Waals surface area contributed by atoms with Crippen molar-refractivity contribution in [3.63, 3.8) is 0 Å². The molecule has 1 aromatic carbocycles. The van der Waals surface area contributed by atoms with E-state index in [9.17, 15) is 14.9 Å². The van der Waals surface area contributed by atoms with Gasteiger partial charge in [-0.2, -0.15) is 0 Å². The fourth-order valence-corrected chi connectivity index (χ4v) is 2.50. The van der Waals surface area contributed by atoms with Crippen LogP contribution in [-0.2, 0) is 4.79 Å². The topological polar surface area (TPSA) is 92.7 Å². The Hall–Kier alpha value is -1.57. The van der Waals surface area contributed by atoms with Crippen LogP contribution in [0.2, 0.25) is 0 Å². The van der Waals surface area contributed by atoms with E-state index in [4.69, 9.17) is 5.73 Å². The zero-order valence-electron chi connectivity index (χ0n) is 13.8. The largest absolute Gasteiger partial charge is 0.368 e. The molecule has 136 valence electrons. The molecular formula is C15H24Cl2N4O3. The molecule has 2 rings (SSSR count). The minimum atomic E-state index is -0.395. The molecule has 2 unspecified atom stereocenters. The van der Waals surface area contributed by atoms with E-state index < -0.39 is 4.92 Å². The Balaban J connectivity index is 0.00000264. The highest BCUT2D eigenvalue weighted by molar-refractivity contribution is 5.85. The average molecular weight is 379 g/mol. The van der Waals surface area contributed by atoms with Gasteiger partial charge in [-0.25, -0.2) is 0 Å². The number of carbonyl (C=O) groups is 1. The number of nitro groups is 1. The van der Waals surface area contributed by atoms with Crippen LogP contribution < -0.4 is 10.6 Å². The Morgan fingerprint density at radius 1 is 1.21 bits per heavy atom. The van der Waals surface area contributed by atoms with E-state index in [1.54, 1.807) is 12.1 Å². The molecular weight excluding hydrogens is 355 g/mol. The van der Waals surface area contributed by atoms with Gasteiger partial charge >= 0.3 is 0 Å². The van der Waals surface area contributed by atoms with Crippen molar-refractivity contribution >= 4 is 42.1 Å². The summed E-state index contributed by atoms with van der Waals surface area (Å²) in [6.07, 6.45) is 0. The smallest absolute Gasteiger partial charge is 0.271 e. The molecule has 7 nitrogen and oxygen atoms in total. The highest BCUT2D eigenvalue weighted by Gasteiger charge is 2.27. The molecule has 1 fully saturated rings. The van der Waals surface area contributed by atoms with E-state index in [2.05, 4.69) is 4.90 Å². The third-order valence-electron chi connectivity index (χ3n) is 4.18. The van der Waals surface area contributed by atoms with Crippen molar-refractivity contribution < 1.29 is 9.72 Å². The summed E-state index contributed by atoms with van der Waals surface area (Å²) in [7, 11) is 0. The van der Waals surface area contributed by atoms with Gasteiger partial charge in [0.1, 0.15) is 0 Å². The van der Waals surface area contributed by atoms with E-state index >= 15 is 0 Å². The lowest BCUT2D eigenvalue weighted by Gasteiger charge is -2.37. The maximum atomic E-state index is 12.3. The minimum Gasteiger partial charge on any atom is -0.368 e. The van der Waals surface area contributed by atoms with E-state index in [1.165, 1.54) is 6.07 Å². The third kappa shape index (κ3) is 5.22. The Kier molecular flexibility index (Phi) is 9.03. The molecule has 2 N–H and O–H groups in total. The molecule has 0 saturated carbocycles. The van der Waals surface area contributed by atoms with Crippen molar-refractivity contribution in [1.29, 1.82) is 0 Å². The van der Waals surface area contributed by atoms with Gasteiger partial charge in [0.25, 0.3) is 5.69 Å². The monoisotopic (exact) mass is 378 g/mol. The van der Waals surface area contributed by atoms with Gasteiger partial charge in [0.2, 0.25) is 5.91 Å². The van der Waals surface area contributed by atoms with Crippen LogP contribution in [-0.4, -0.2) is 48.0 Å². The average Bonchev–Trinajstić information content (AvgIpc) is 2.53. The van der Waals surface area contributed by atoms with Gasteiger partial charge in [0.05, 0.1) is 10.8 Å². The number of halogens is 2. The molecule has 0 spiro atoms. The van der Waals surface area contributed by atoms with Crippen LogP contribution in [0.3, 0.4) is 0 Å². The number of benzene rings is 1. The number of amides is 1. The van der Waals surface area contributed by atoms with Crippen molar-refractivity contribution in [2.75, 3.05) is 31.1 Å². The Bertz CT molecular complexity index is 563. The lowest BCUT2D eigenvalue weighted by atomic mass is 10.0. The van der Waals surface area contributed by atoms with Crippen LogP contribution in [0.25, 0.3) is 0 Å². The van der Waals surface area contributed by atoms with Crippen LogP contribution in [0.5, 0.6) is 0 Å². The van der Waals surface area contributed by atoms with Gasteiger partial charge in [-0.3, -0.25) is 14.9 Å². The first-order valence-corrected chi connectivity index (χ1v) is 7.44. The molecule has 1 aliphatic rings. The fourth-order valence-electron chi connectivity index (χ4n) is 2.50. The van der Waals surface area contributed by atoms with E-state index in [0.717, 1.165) is 5.69 Å². The minimum absolute atomic E-state index is 0. The summed E-state index contributed by atoms with van der Waals surface area (Å²) in [6.45, 7) is 6.23. The van der Waals surface area contributed by atoms with Crippen LogP contribution in [0.4, 0.5) is 11.4 Å². The predicted molar refractivity (Wildman–Crippen MR) is 99.2 cm³/mol. The third-order valence-corrected chi connectivity index (χ3v) is 4.18. The zero-order chi connectivity index (χ0) is 16.3. The second kappa shape index (κ2) is 9.66. The number of nitro benzene ring substituents is 1. The van der Waals surface area contributed by atoms with E-state index in [-0.39, 0.29) is 48.4 Å². The van der Waals surface area contributed by atoms with E-state index in [0.29, 0.717) is 26.2 Å². The van der Waals surface area contributed by atoms with Crippen molar-refractivity contribution in [1.82, 2.24) is 4.90 Å². The first-order chi connectivity index (χ1) is 10.4. The number of nitrogens with zero attached hydrogens (tertiary/aromatic N) is 3. The van der Waals surface area contributed by atoms with Crippen LogP contribution in [0.1, 0.15) is 13.8 Å². The number of rotatable bonds is 4. The summed E-state index contributed by atoms with van der Waals surface area (Å²) in [5.74, 6) is -0.113. The maximum Gasteiger partial charge on any atom is 0.271 e. The van der Waals surface area contributed by atoms with Crippen LogP contribution in [0, 0.1) is 16.0 Å². The van der Waals surface area contributed by atoms with Gasteiger partial charge in [-0.1, -0.05) is 13.0 Å². The lowest BCUT2D eigenvalue weighted by molar-refractivity contribution is -0.384. The van der Waals surface area contributed by atoms with Gasteiger partial charge in [0.15, 0.2) is 0 Å². The van der Waals surface area contributed by atoms with Crippen molar-refractivity contribution in [3.8, 4) is 0 Å². The van der Waals surface area contributed by atoms with Crippen molar-refractivity contribution in [3.05, 3.63) is 34.4 Å². The SMILES string of the molecule is CC(N)C(C)C(=O)N1CCN(c2cccc([N+](=O)[O-])c2)CC1.Cl.Cl. The zero-order valence-corrected chi connectivity index (χ0v) is 15.4. The molecule has 0 aromatic heterocycles. The van der Waals surface area contributed by atoms with Gasteiger partial charge in [-0.05, 0) is 13.0 Å². The summed E-state index contributed by atoms with van der Waals surface area (Å²) in [5.41, 5.74) is 6.69. The van der Waals surface area contributed by atoms with Crippen molar-refractivity contribution in [2.45, 2.75) is 19.9 Å². The molecule has 1 heterocycles. The lowest BCUT2D eigenvalue weighted by Crippen LogP contribution is -2.52. The van der Waals surface area contributed by atoms with Crippen LogP contribution in [0.15, 0.2) is 24.3 Å². The molecule has 1 aromatic rings. The molecule has 9 heteroatoms. The van der Waals surface area contributed by atoms with Crippen molar-refractivity contribution in [2.24, 2.45) is 11.7 Å². The molecule has 0 radical (unpaired) electrons. The number of piperazine rings is 1. The summed E-state index contributed by atoms with van der Waals surface area (Å²) in [6, 6.07) is 6.43. The van der Waals surface area contributed by atoms with Gasteiger partial charge in [-0.15, -0.1) is 24.8 Å².